The van der Waals surface area contributed by atoms with Gasteiger partial charge in [-0.1, -0.05) is 48.0 Å². The second kappa shape index (κ2) is 11.5. The minimum Gasteiger partial charge on any atom is -0.480 e. The number of esters is 1. The van der Waals surface area contributed by atoms with E-state index in [4.69, 9.17) is 4.74 Å². The average molecular weight is 357 g/mol. The Kier molecular flexibility index (Phi) is 11.0. The van der Waals surface area contributed by atoms with E-state index >= 15 is 0 Å². The Hall–Kier alpha value is -1.06. The SMILES string of the molecule is CC(C)CCCC(C)OC(=O)C(CCC(C)C)(CCC(C)C)C(=O)O. The minimum atomic E-state index is -1.40. The highest BCUT2D eigenvalue weighted by Crippen LogP contribution is 2.35. The van der Waals surface area contributed by atoms with Crippen LogP contribution in [0.25, 0.3) is 0 Å². The smallest absolute Gasteiger partial charge is 0.323 e. The van der Waals surface area contributed by atoms with Crippen LogP contribution in [0.1, 0.15) is 93.4 Å². The second-order valence-electron chi connectivity index (χ2n) is 8.79. The van der Waals surface area contributed by atoms with Gasteiger partial charge in [-0.25, -0.2) is 0 Å². The Morgan fingerprint density at radius 2 is 1.24 bits per heavy atom. The van der Waals surface area contributed by atoms with Crippen LogP contribution in [0, 0.1) is 23.2 Å². The summed E-state index contributed by atoms with van der Waals surface area (Å²) >= 11 is 0. The van der Waals surface area contributed by atoms with Gasteiger partial charge < -0.3 is 9.84 Å². The molecule has 0 aliphatic carbocycles. The molecule has 0 spiro atoms. The Labute approximate surface area is 154 Å². The third-order valence-electron chi connectivity index (χ3n) is 4.80. The maximum absolute atomic E-state index is 12.8. The molecule has 1 N–H and O–H groups in total. The van der Waals surface area contributed by atoms with Gasteiger partial charge in [0, 0.05) is 0 Å². The van der Waals surface area contributed by atoms with Crippen LogP contribution in [-0.2, 0) is 14.3 Å². The van der Waals surface area contributed by atoms with Crippen LogP contribution < -0.4 is 0 Å². The van der Waals surface area contributed by atoms with Crippen LogP contribution in [-0.4, -0.2) is 23.1 Å². The molecule has 0 aromatic heterocycles. The van der Waals surface area contributed by atoms with E-state index < -0.39 is 17.4 Å². The average Bonchev–Trinajstić information content (AvgIpc) is 2.46. The molecule has 0 bridgehead atoms. The summed E-state index contributed by atoms with van der Waals surface area (Å²) in [5.41, 5.74) is -1.40. The number of carbonyl (C=O) groups excluding carboxylic acids is 1. The number of hydrogen-bond acceptors (Lipinski definition) is 3. The summed E-state index contributed by atoms with van der Waals surface area (Å²) in [6.45, 7) is 14.4. The lowest BCUT2D eigenvalue weighted by Gasteiger charge is -2.30. The highest BCUT2D eigenvalue weighted by Gasteiger charge is 2.47. The molecule has 4 heteroatoms. The van der Waals surface area contributed by atoms with E-state index in [0.717, 1.165) is 19.3 Å². The first-order valence-corrected chi connectivity index (χ1v) is 9.95. The Bertz CT molecular complexity index is 387. The molecule has 1 unspecified atom stereocenters. The number of rotatable bonds is 13. The van der Waals surface area contributed by atoms with Crippen LogP contribution in [0.4, 0.5) is 0 Å². The number of carboxylic acid groups (broad SMARTS) is 1. The Balaban J connectivity index is 5.07. The molecule has 1 atom stereocenters. The zero-order valence-electron chi connectivity index (χ0n) is 17.4. The highest BCUT2D eigenvalue weighted by molar-refractivity contribution is 5.99. The van der Waals surface area contributed by atoms with Crippen molar-refractivity contribution in [2.24, 2.45) is 23.2 Å². The molecule has 0 heterocycles. The standard InChI is InChI=1S/C21H40O4/c1-15(2)9-8-10-18(7)25-20(24)21(19(22)23,13-11-16(3)4)14-12-17(5)6/h15-18H,8-14H2,1-7H3,(H,22,23). The number of aliphatic carboxylic acids is 1. The van der Waals surface area contributed by atoms with Crippen molar-refractivity contribution in [3.8, 4) is 0 Å². The number of hydrogen-bond donors (Lipinski definition) is 1. The predicted molar refractivity (Wildman–Crippen MR) is 102 cm³/mol. The molecule has 0 fully saturated rings. The first-order chi connectivity index (χ1) is 11.5. The largest absolute Gasteiger partial charge is 0.480 e. The third kappa shape index (κ3) is 9.27. The van der Waals surface area contributed by atoms with Gasteiger partial charge in [-0.3, -0.25) is 9.59 Å². The topological polar surface area (TPSA) is 63.6 Å². The van der Waals surface area contributed by atoms with Gasteiger partial charge in [-0.05, 0) is 63.2 Å². The lowest BCUT2D eigenvalue weighted by atomic mass is 9.76. The molecule has 0 saturated heterocycles. The maximum atomic E-state index is 12.8. The van der Waals surface area contributed by atoms with Crippen molar-refractivity contribution in [1.29, 1.82) is 0 Å². The van der Waals surface area contributed by atoms with Gasteiger partial charge in [0.25, 0.3) is 0 Å². The molecular weight excluding hydrogens is 316 g/mol. The fourth-order valence-electron chi connectivity index (χ4n) is 2.87. The number of carboxylic acids is 1. The maximum Gasteiger partial charge on any atom is 0.323 e. The zero-order chi connectivity index (χ0) is 19.6. The van der Waals surface area contributed by atoms with Crippen molar-refractivity contribution in [1.82, 2.24) is 0 Å². The van der Waals surface area contributed by atoms with Crippen LogP contribution in [0.5, 0.6) is 0 Å². The van der Waals surface area contributed by atoms with Crippen LogP contribution in [0.2, 0.25) is 0 Å². The molecule has 0 rings (SSSR count). The molecular formula is C21H40O4. The quantitative estimate of drug-likeness (QED) is 0.340. The molecule has 0 saturated carbocycles. The van der Waals surface area contributed by atoms with Gasteiger partial charge >= 0.3 is 11.9 Å². The Morgan fingerprint density at radius 3 is 1.60 bits per heavy atom. The molecule has 0 aliphatic rings. The van der Waals surface area contributed by atoms with E-state index in [2.05, 4.69) is 41.5 Å². The molecule has 0 aliphatic heterocycles. The second-order valence-corrected chi connectivity index (χ2v) is 8.79. The normalized spacial score (nSPS) is 13.5. The summed E-state index contributed by atoms with van der Waals surface area (Å²) in [4.78, 5) is 24.9. The van der Waals surface area contributed by atoms with Gasteiger partial charge in [0.05, 0.1) is 6.10 Å². The van der Waals surface area contributed by atoms with Crippen LogP contribution in [0.3, 0.4) is 0 Å². The van der Waals surface area contributed by atoms with Crippen molar-refractivity contribution in [2.75, 3.05) is 0 Å². The predicted octanol–water partition coefficient (Wildman–Crippen LogP) is 5.69. The first-order valence-electron chi connectivity index (χ1n) is 9.95. The summed E-state index contributed by atoms with van der Waals surface area (Å²) in [5.74, 6) is -0.243. The molecule has 148 valence electrons. The van der Waals surface area contributed by atoms with E-state index in [9.17, 15) is 14.7 Å². The summed E-state index contributed by atoms with van der Waals surface area (Å²) in [5, 5.41) is 9.88. The fraction of sp³-hybridized carbons (Fsp3) is 0.905. The highest BCUT2D eigenvalue weighted by atomic mass is 16.5. The lowest BCUT2D eigenvalue weighted by Crippen LogP contribution is -2.42. The molecule has 0 aromatic carbocycles. The van der Waals surface area contributed by atoms with Gasteiger partial charge in [-0.15, -0.1) is 0 Å². The van der Waals surface area contributed by atoms with Gasteiger partial charge in [-0.2, -0.15) is 0 Å². The van der Waals surface area contributed by atoms with Crippen molar-refractivity contribution in [3.05, 3.63) is 0 Å². The van der Waals surface area contributed by atoms with Crippen molar-refractivity contribution >= 4 is 11.9 Å². The van der Waals surface area contributed by atoms with E-state index in [1.807, 2.05) is 6.92 Å². The van der Waals surface area contributed by atoms with Gasteiger partial charge in [0.15, 0.2) is 5.41 Å². The van der Waals surface area contributed by atoms with E-state index in [1.165, 1.54) is 0 Å². The minimum absolute atomic E-state index is 0.233. The monoisotopic (exact) mass is 356 g/mol. The van der Waals surface area contributed by atoms with E-state index in [-0.39, 0.29) is 6.10 Å². The third-order valence-corrected chi connectivity index (χ3v) is 4.80. The summed E-state index contributed by atoms with van der Waals surface area (Å²) < 4.78 is 5.60. The van der Waals surface area contributed by atoms with E-state index in [0.29, 0.717) is 43.4 Å². The van der Waals surface area contributed by atoms with Crippen molar-refractivity contribution < 1.29 is 19.4 Å². The Morgan fingerprint density at radius 1 is 0.800 bits per heavy atom. The number of carbonyl (C=O) groups is 2. The van der Waals surface area contributed by atoms with Gasteiger partial charge in [0.2, 0.25) is 0 Å². The summed E-state index contributed by atoms with van der Waals surface area (Å²) in [6, 6.07) is 0. The van der Waals surface area contributed by atoms with Crippen LogP contribution >= 0.6 is 0 Å². The summed E-state index contributed by atoms with van der Waals surface area (Å²) in [6.07, 6.45) is 4.75. The van der Waals surface area contributed by atoms with Crippen LogP contribution in [0.15, 0.2) is 0 Å². The lowest BCUT2D eigenvalue weighted by molar-refractivity contribution is -0.174. The van der Waals surface area contributed by atoms with E-state index in [1.54, 1.807) is 0 Å². The number of ether oxygens (including phenoxy) is 1. The molecule has 25 heavy (non-hydrogen) atoms. The molecule has 4 nitrogen and oxygen atoms in total. The van der Waals surface area contributed by atoms with Crippen molar-refractivity contribution in [3.63, 3.8) is 0 Å². The first kappa shape index (κ1) is 23.9. The molecule has 0 amide bonds. The summed E-state index contributed by atoms with van der Waals surface area (Å²) in [7, 11) is 0. The molecule has 0 aromatic rings. The van der Waals surface area contributed by atoms with Gasteiger partial charge in [0.1, 0.15) is 0 Å². The fourth-order valence-corrected chi connectivity index (χ4v) is 2.87. The van der Waals surface area contributed by atoms with Crippen molar-refractivity contribution in [2.45, 2.75) is 99.5 Å². The molecule has 0 radical (unpaired) electrons. The zero-order valence-corrected chi connectivity index (χ0v) is 17.4.